The Hall–Kier alpha value is -0.900. The Bertz CT molecular complexity index is 273. The molecular formula is C11H19NO3. The van der Waals surface area contributed by atoms with E-state index in [1.165, 1.54) is 0 Å². The number of ketones is 1. The predicted molar refractivity (Wildman–Crippen MR) is 56.3 cm³/mol. The molecule has 0 aromatic rings. The minimum absolute atomic E-state index is 0.101. The minimum atomic E-state index is -0.884. The van der Waals surface area contributed by atoms with Gasteiger partial charge in [-0.15, -0.1) is 0 Å². The molecule has 1 saturated carbocycles. The molecule has 1 rings (SSSR count). The zero-order valence-corrected chi connectivity index (χ0v) is 9.32. The molecule has 4 nitrogen and oxygen atoms in total. The van der Waals surface area contributed by atoms with Gasteiger partial charge in [-0.25, -0.2) is 0 Å². The maximum atomic E-state index is 11.4. The smallest absolute Gasteiger partial charge is 0.308 e. The first-order valence-corrected chi connectivity index (χ1v) is 5.33. The van der Waals surface area contributed by atoms with E-state index in [1.807, 2.05) is 13.8 Å². The van der Waals surface area contributed by atoms with Gasteiger partial charge in [0.1, 0.15) is 5.78 Å². The van der Waals surface area contributed by atoms with Gasteiger partial charge in [0.2, 0.25) is 0 Å². The van der Waals surface area contributed by atoms with Crippen molar-refractivity contribution in [1.29, 1.82) is 0 Å². The lowest BCUT2D eigenvalue weighted by atomic mass is 9.63. The molecule has 2 unspecified atom stereocenters. The van der Waals surface area contributed by atoms with Gasteiger partial charge in [0, 0.05) is 19.4 Å². The number of nitrogens with two attached hydrogens (primary N) is 1. The van der Waals surface area contributed by atoms with Gasteiger partial charge in [0.25, 0.3) is 0 Å². The van der Waals surface area contributed by atoms with Gasteiger partial charge in [-0.05, 0) is 17.8 Å². The molecule has 0 saturated heterocycles. The number of hydrogen-bond acceptors (Lipinski definition) is 3. The predicted octanol–water partition coefficient (Wildman–Crippen LogP) is 1.04. The number of carbonyl (C=O) groups excluding carboxylic acids is 1. The van der Waals surface area contributed by atoms with E-state index in [2.05, 4.69) is 0 Å². The molecule has 1 aliphatic carbocycles. The molecule has 0 aromatic heterocycles. The number of carboxylic acids is 1. The van der Waals surface area contributed by atoms with Crippen LogP contribution in [0.3, 0.4) is 0 Å². The number of carbonyl (C=O) groups is 2. The molecule has 0 amide bonds. The van der Waals surface area contributed by atoms with E-state index >= 15 is 0 Å². The average molecular weight is 213 g/mol. The van der Waals surface area contributed by atoms with Crippen molar-refractivity contribution >= 4 is 11.8 Å². The molecule has 86 valence electrons. The number of carboxylic acid groups (broad SMARTS) is 1. The summed E-state index contributed by atoms with van der Waals surface area (Å²) in [6.07, 6.45) is 1.70. The second-order valence-electron chi connectivity index (χ2n) is 5.02. The zero-order chi connectivity index (χ0) is 11.6. The van der Waals surface area contributed by atoms with Crippen molar-refractivity contribution < 1.29 is 14.7 Å². The number of Topliss-reactive ketones (excluding diaryl/α,β-unsaturated/α-hetero) is 1. The topological polar surface area (TPSA) is 80.4 Å². The van der Waals surface area contributed by atoms with Crippen LogP contribution >= 0.6 is 0 Å². The lowest BCUT2D eigenvalue weighted by Crippen LogP contribution is -2.43. The van der Waals surface area contributed by atoms with Crippen molar-refractivity contribution in [3.05, 3.63) is 0 Å². The second kappa shape index (κ2) is 4.31. The van der Waals surface area contributed by atoms with Crippen LogP contribution < -0.4 is 5.73 Å². The Morgan fingerprint density at radius 1 is 1.67 bits per heavy atom. The molecule has 0 spiro atoms. The monoisotopic (exact) mass is 213 g/mol. The number of rotatable bonds is 3. The van der Waals surface area contributed by atoms with Gasteiger partial charge >= 0.3 is 5.97 Å². The van der Waals surface area contributed by atoms with Crippen molar-refractivity contribution in [2.24, 2.45) is 23.0 Å². The van der Waals surface area contributed by atoms with Gasteiger partial charge < -0.3 is 10.8 Å². The van der Waals surface area contributed by atoms with Crippen LogP contribution in [-0.4, -0.2) is 23.4 Å². The Morgan fingerprint density at radius 2 is 2.27 bits per heavy atom. The molecule has 1 aliphatic rings. The van der Waals surface area contributed by atoms with Crippen molar-refractivity contribution in [2.75, 3.05) is 6.54 Å². The largest absolute Gasteiger partial charge is 0.481 e. The summed E-state index contributed by atoms with van der Waals surface area (Å²) in [6, 6.07) is 0. The van der Waals surface area contributed by atoms with Crippen LogP contribution in [0.4, 0.5) is 0 Å². The third kappa shape index (κ3) is 2.56. The highest BCUT2D eigenvalue weighted by molar-refractivity contribution is 5.81. The van der Waals surface area contributed by atoms with E-state index < -0.39 is 11.9 Å². The second-order valence-corrected chi connectivity index (χ2v) is 5.02. The highest BCUT2D eigenvalue weighted by Gasteiger charge is 2.42. The molecule has 0 heterocycles. The molecule has 3 N–H and O–H groups in total. The fourth-order valence-corrected chi connectivity index (χ4v) is 2.39. The normalized spacial score (nSPS) is 27.4. The molecule has 1 fully saturated rings. The van der Waals surface area contributed by atoms with E-state index in [0.29, 0.717) is 12.8 Å². The third-order valence-corrected chi connectivity index (χ3v) is 3.56. The van der Waals surface area contributed by atoms with Gasteiger partial charge in [-0.1, -0.05) is 13.8 Å². The minimum Gasteiger partial charge on any atom is -0.481 e. The Labute approximate surface area is 89.8 Å². The van der Waals surface area contributed by atoms with Crippen molar-refractivity contribution in [1.82, 2.24) is 0 Å². The summed E-state index contributed by atoms with van der Waals surface area (Å²) < 4.78 is 0. The lowest BCUT2D eigenvalue weighted by molar-refractivity contribution is -0.147. The molecule has 0 bridgehead atoms. The first-order chi connectivity index (χ1) is 6.88. The third-order valence-electron chi connectivity index (χ3n) is 3.56. The van der Waals surface area contributed by atoms with Crippen LogP contribution in [0, 0.1) is 17.3 Å². The van der Waals surface area contributed by atoms with Crippen molar-refractivity contribution in [3.63, 3.8) is 0 Å². The summed E-state index contributed by atoms with van der Waals surface area (Å²) in [5, 5.41) is 9.05. The maximum absolute atomic E-state index is 11.4. The molecule has 2 atom stereocenters. The van der Waals surface area contributed by atoms with E-state index in [1.54, 1.807) is 0 Å². The first-order valence-electron chi connectivity index (χ1n) is 5.33. The highest BCUT2D eigenvalue weighted by atomic mass is 16.4. The standard InChI is InChI=1S/C11H19NO3/c1-11(2)4-3-7(13)5-9(11)8(6-12)10(14)15/h8-9H,3-6,12H2,1-2H3,(H,14,15). The Morgan fingerprint density at radius 3 is 2.73 bits per heavy atom. The van der Waals surface area contributed by atoms with Gasteiger partial charge in [-0.2, -0.15) is 0 Å². The SMILES string of the molecule is CC1(C)CCC(=O)CC1C(CN)C(=O)O. The summed E-state index contributed by atoms with van der Waals surface area (Å²) >= 11 is 0. The van der Waals surface area contributed by atoms with Crippen LogP contribution in [0.15, 0.2) is 0 Å². The number of aliphatic carboxylic acids is 1. The van der Waals surface area contributed by atoms with Crippen molar-refractivity contribution in [3.8, 4) is 0 Å². The molecule has 0 aliphatic heterocycles. The number of hydrogen-bond donors (Lipinski definition) is 2. The van der Waals surface area contributed by atoms with Crippen LogP contribution in [0.2, 0.25) is 0 Å². The molecule has 4 heteroatoms. The zero-order valence-electron chi connectivity index (χ0n) is 9.32. The summed E-state index contributed by atoms with van der Waals surface area (Å²) in [7, 11) is 0. The summed E-state index contributed by atoms with van der Waals surface area (Å²) in [5.41, 5.74) is 5.38. The molecule has 0 aromatic carbocycles. The average Bonchev–Trinajstić information content (AvgIpc) is 2.12. The summed E-state index contributed by atoms with van der Waals surface area (Å²) in [5.74, 6) is -1.44. The van der Waals surface area contributed by atoms with Gasteiger partial charge in [0.15, 0.2) is 0 Å². The Balaban J connectivity index is 2.87. The fraction of sp³-hybridized carbons (Fsp3) is 0.818. The van der Waals surface area contributed by atoms with Crippen LogP contribution in [0.1, 0.15) is 33.1 Å². The van der Waals surface area contributed by atoms with E-state index in [9.17, 15) is 9.59 Å². The highest BCUT2D eigenvalue weighted by Crippen LogP contribution is 2.43. The summed E-state index contributed by atoms with van der Waals surface area (Å²) in [6.45, 7) is 4.15. The molecular weight excluding hydrogens is 194 g/mol. The molecule has 0 radical (unpaired) electrons. The van der Waals surface area contributed by atoms with Crippen molar-refractivity contribution in [2.45, 2.75) is 33.1 Å². The first kappa shape index (κ1) is 12.2. The quantitative estimate of drug-likeness (QED) is 0.734. The van der Waals surface area contributed by atoms with Gasteiger partial charge in [-0.3, -0.25) is 9.59 Å². The van der Waals surface area contributed by atoms with Crippen LogP contribution in [0.25, 0.3) is 0 Å². The molecule has 15 heavy (non-hydrogen) atoms. The van der Waals surface area contributed by atoms with E-state index in [0.717, 1.165) is 6.42 Å². The fourth-order valence-electron chi connectivity index (χ4n) is 2.39. The maximum Gasteiger partial charge on any atom is 0.308 e. The van der Waals surface area contributed by atoms with Crippen LogP contribution in [0.5, 0.6) is 0 Å². The lowest BCUT2D eigenvalue weighted by Gasteiger charge is -2.40. The van der Waals surface area contributed by atoms with E-state index in [-0.39, 0.29) is 23.7 Å². The Kier molecular flexibility index (Phi) is 3.50. The van der Waals surface area contributed by atoms with E-state index in [4.69, 9.17) is 10.8 Å². The summed E-state index contributed by atoms with van der Waals surface area (Å²) in [4.78, 5) is 22.4. The van der Waals surface area contributed by atoms with Gasteiger partial charge in [0.05, 0.1) is 5.92 Å². The van der Waals surface area contributed by atoms with Crippen LogP contribution in [-0.2, 0) is 9.59 Å².